The van der Waals surface area contributed by atoms with E-state index in [0.717, 1.165) is 12.5 Å². The van der Waals surface area contributed by atoms with Crippen LogP contribution in [0.5, 0.6) is 0 Å². The number of aliphatic hydroxyl groups excluding tert-OH is 1. The lowest BCUT2D eigenvalue weighted by molar-refractivity contribution is -0.383. The van der Waals surface area contributed by atoms with Crippen LogP contribution in [0.1, 0.15) is 30.7 Å². The van der Waals surface area contributed by atoms with E-state index in [-0.39, 0.29) is 5.69 Å². The molecule has 7 heteroatoms. The van der Waals surface area contributed by atoms with Gasteiger partial charge in [-0.25, -0.2) is 0 Å². The molecule has 1 heterocycles. The maximum absolute atomic E-state index is 11.1. The first-order valence-corrected chi connectivity index (χ1v) is 7.55. The fraction of sp³-hybridized carbons (Fsp3) is 0.692. The number of aliphatic hydroxyl groups is 1. The molecule has 1 aromatic rings. The highest BCUT2D eigenvalue weighted by molar-refractivity contribution is 7.16. The van der Waals surface area contributed by atoms with Crippen molar-refractivity contribution in [2.24, 2.45) is 5.92 Å². The summed E-state index contributed by atoms with van der Waals surface area (Å²) in [6, 6.07) is 1.45. The van der Waals surface area contributed by atoms with Gasteiger partial charge >= 0.3 is 5.69 Å². The first-order chi connectivity index (χ1) is 9.49. The van der Waals surface area contributed by atoms with E-state index in [1.807, 2.05) is 11.9 Å². The lowest BCUT2D eigenvalue weighted by Crippen LogP contribution is -2.22. The second-order valence-electron chi connectivity index (χ2n) is 5.21. The fourth-order valence-corrected chi connectivity index (χ4v) is 2.89. The molecule has 20 heavy (non-hydrogen) atoms. The fourth-order valence-electron chi connectivity index (χ4n) is 1.84. The van der Waals surface area contributed by atoms with Crippen LogP contribution in [0.15, 0.2) is 6.07 Å². The Morgan fingerprint density at radius 1 is 1.65 bits per heavy atom. The SMILES string of the molecule is C[C@@H](O)c1cc([N+](=O)[O-])c(N(C)CCOCC2CC2)s1. The molecule has 1 aromatic heterocycles. The molecule has 1 fully saturated rings. The van der Waals surface area contributed by atoms with Crippen LogP contribution in [0.25, 0.3) is 0 Å². The minimum atomic E-state index is -0.688. The molecule has 0 amide bonds. The second-order valence-corrected chi connectivity index (χ2v) is 6.27. The van der Waals surface area contributed by atoms with Crippen LogP contribution in [0.3, 0.4) is 0 Å². The summed E-state index contributed by atoms with van der Waals surface area (Å²) >= 11 is 1.26. The van der Waals surface area contributed by atoms with Crippen LogP contribution in [0.4, 0.5) is 10.7 Å². The van der Waals surface area contributed by atoms with E-state index in [2.05, 4.69) is 0 Å². The van der Waals surface area contributed by atoms with E-state index in [9.17, 15) is 15.2 Å². The van der Waals surface area contributed by atoms with Gasteiger partial charge in [-0.05, 0) is 25.7 Å². The average Bonchev–Trinajstić information content (AvgIpc) is 3.08. The predicted molar refractivity (Wildman–Crippen MR) is 78.4 cm³/mol. The van der Waals surface area contributed by atoms with E-state index in [0.29, 0.717) is 23.0 Å². The molecular weight excluding hydrogens is 280 g/mol. The summed E-state index contributed by atoms with van der Waals surface area (Å²) in [6.07, 6.45) is 1.82. The number of hydrogen-bond acceptors (Lipinski definition) is 6. The van der Waals surface area contributed by atoms with Gasteiger partial charge in [-0.2, -0.15) is 0 Å². The molecule has 1 saturated carbocycles. The Labute approximate surface area is 122 Å². The van der Waals surface area contributed by atoms with Crippen molar-refractivity contribution in [3.63, 3.8) is 0 Å². The lowest BCUT2D eigenvalue weighted by Gasteiger charge is -2.16. The van der Waals surface area contributed by atoms with Gasteiger partial charge in [0.05, 0.1) is 17.6 Å². The quantitative estimate of drug-likeness (QED) is 0.453. The predicted octanol–water partition coefficient (Wildman–Crippen LogP) is 2.57. The number of nitro groups is 1. The van der Waals surface area contributed by atoms with E-state index in [1.54, 1.807) is 6.92 Å². The van der Waals surface area contributed by atoms with Crippen LogP contribution >= 0.6 is 11.3 Å². The number of likely N-dealkylation sites (N-methyl/N-ethyl adjacent to an activating group) is 1. The highest BCUT2D eigenvalue weighted by atomic mass is 32.1. The summed E-state index contributed by atoms with van der Waals surface area (Å²) in [5.41, 5.74) is 0.0515. The zero-order chi connectivity index (χ0) is 14.7. The summed E-state index contributed by atoms with van der Waals surface area (Å²) in [4.78, 5) is 13.1. The maximum atomic E-state index is 11.1. The minimum absolute atomic E-state index is 0.0515. The molecule has 1 atom stereocenters. The van der Waals surface area contributed by atoms with Crippen molar-refractivity contribution in [1.82, 2.24) is 0 Å². The van der Waals surface area contributed by atoms with Gasteiger partial charge in [0.25, 0.3) is 0 Å². The zero-order valence-electron chi connectivity index (χ0n) is 11.7. The minimum Gasteiger partial charge on any atom is -0.388 e. The number of anilines is 1. The number of thiophene rings is 1. The molecule has 112 valence electrons. The molecule has 0 unspecified atom stereocenters. The molecule has 0 bridgehead atoms. The van der Waals surface area contributed by atoms with Crippen molar-refractivity contribution in [3.8, 4) is 0 Å². The summed E-state index contributed by atoms with van der Waals surface area (Å²) in [6.45, 7) is 3.57. The first-order valence-electron chi connectivity index (χ1n) is 6.74. The Hall–Kier alpha value is -1.18. The van der Waals surface area contributed by atoms with Gasteiger partial charge in [0.15, 0.2) is 5.00 Å². The van der Waals surface area contributed by atoms with Gasteiger partial charge in [-0.3, -0.25) is 10.1 Å². The lowest BCUT2D eigenvalue weighted by atomic mass is 10.3. The molecule has 1 aliphatic rings. The Morgan fingerprint density at radius 3 is 2.90 bits per heavy atom. The summed E-state index contributed by atoms with van der Waals surface area (Å²) < 4.78 is 5.55. The molecule has 6 nitrogen and oxygen atoms in total. The Morgan fingerprint density at radius 2 is 2.35 bits per heavy atom. The molecule has 0 radical (unpaired) electrons. The third kappa shape index (κ3) is 3.91. The summed E-state index contributed by atoms with van der Waals surface area (Å²) in [5, 5.41) is 21.2. The number of ether oxygens (including phenoxy) is 1. The third-order valence-electron chi connectivity index (χ3n) is 3.29. The van der Waals surface area contributed by atoms with Crippen molar-refractivity contribution in [2.45, 2.75) is 25.9 Å². The molecule has 1 N–H and O–H groups in total. The number of nitrogens with zero attached hydrogens (tertiary/aromatic N) is 2. The largest absolute Gasteiger partial charge is 0.388 e. The van der Waals surface area contributed by atoms with E-state index in [4.69, 9.17) is 4.74 Å². The second kappa shape index (κ2) is 6.51. The Kier molecular flexibility index (Phi) is 4.95. The standard InChI is InChI=1S/C13H20N2O4S/c1-9(16)12-7-11(15(17)18)13(20-12)14(2)5-6-19-8-10-3-4-10/h7,9-10,16H,3-6,8H2,1-2H3/t9-/m1/s1. The van der Waals surface area contributed by atoms with Crippen LogP contribution < -0.4 is 4.90 Å². The van der Waals surface area contributed by atoms with Crippen LogP contribution in [-0.4, -0.2) is 36.8 Å². The topological polar surface area (TPSA) is 75.8 Å². The van der Waals surface area contributed by atoms with E-state index >= 15 is 0 Å². The summed E-state index contributed by atoms with van der Waals surface area (Å²) in [7, 11) is 1.81. The van der Waals surface area contributed by atoms with Crippen LogP contribution in [0.2, 0.25) is 0 Å². The monoisotopic (exact) mass is 300 g/mol. The first kappa shape index (κ1) is 15.2. The van der Waals surface area contributed by atoms with Crippen LogP contribution in [-0.2, 0) is 4.74 Å². The van der Waals surface area contributed by atoms with Gasteiger partial charge < -0.3 is 14.7 Å². The van der Waals surface area contributed by atoms with Gasteiger partial charge in [-0.1, -0.05) is 0 Å². The maximum Gasteiger partial charge on any atom is 0.304 e. The normalized spacial score (nSPS) is 16.1. The van der Waals surface area contributed by atoms with Crippen molar-refractivity contribution in [2.75, 3.05) is 31.7 Å². The van der Waals surface area contributed by atoms with Gasteiger partial charge in [0.1, 0.15) is 0 Å². The molecular formula is C13H20N2O4S. The van der Waals surface area contributed by atoms with Gasteiger partial charge in [0, 0.05) is 31.1 Å². The smallest absolute Gasteiger partial charge is 0.304 e. The van der Waals surface area contributed by atoms with Crippen molar-refractivity contribution >= 4 is 22.0 Å². The van der Waals surface area contributed by atoms with Crippen molar-refractivity contribution < 1.29 is 14.8 Å². The highest BCUT2D eigenvalue weighted by Gasteiger charge is 2.24. The Bertz CT molecular complexity index is 471. The molecule has 1 aliphatic carbocycles. The van der Waals surface area contributed by atoms with Gasteiger partial charge in [-0.15, -0.1) is 11.3 Å². The molecule has 0 aliphatic heterocycles. The Balaban J connectivity index is 1.95. The van der Waals surface area contributed by atoms with Crippen molar-refractivity contribution in [1.29, 1.82) is 0 Å². The molecule has 0 aromatic carbocycles. The van der Waals surface area contributed by atoms with Gasteiger partial charge in [0.2, 0.25) is 0 Å². The molecule has 0 spiro atoms. The third-order valence-corrected chi connectivity index (χ3v) is 4.70. The van der Waals surface area contributed by atoms with E-state index < -0.39 is 11.0 Å². The number of hydrogen-bond donors (Lipinski definition) is 1. The average molecular weight is 300 g/mol. The number of rotatable bonds is 8. The van der Waals surface area contributed by atoms with Crippen molar-refractivity contribution in [3.05, 3.63) is 21.1 Å². The zero-order valence-corrected chi connectivity index (χ0v) is 12.6. The molecule has 2 rings (SSSR count). The van der Waals surface area contributed by atoms with E-state index in [1.165, 1.54) is 30.2 Å². The molecule has 0 saturated heterocycles. The summed E-state index contributed by atoms with van der Waals surface area (Å²) in [5.74, 6) is 0.721. The van der Waals surface area contributed by atoms with Crippen LogP contribution in [0, 0.1) is 16.0 Å². The highest BCUT2D eigenvalue weighted by Crippen LogP contribution is 2.39.